The topological polar surface area (TPSA) is 84.9 Å². The van der Waals surface area contributed by atoms with Crippen molar-refractivity contribution in [1.29, 1.82) is 0 Å². The lowest BCUT2D eigenvalue weighted by Crippen LogP contribution is -2.15. The van der Waals surface area contributed by atoms with Crippen LogP contribution in [-0.2, 0) is 11.2 Å². The minimum atomic E-state index is -0.831. The van der Waals surface area contributed by atoms with E-state index >= 15 is 0 Å². The first-order valence-electron chi connectivity index (χ1n) is 7.89. The summed E-state index contributed by atoms with van der Waals surface area (Å²) in [5, 5.41) is 11.6. The van der Waals surface area contributed by atoms with Crippen molar-refractivity contribution in [2.24, 2.45) is 0 Å². The maximum atomic E-state index is 12.7. The summed E-state index contributed by atoms with van der Waals surface area (Å²) in [5.41, 5.74) is 1.91. The Balaban J connectivity index is 2.20. The molecule has 0 atom stereocenters. The lowest BCUT2D eigenvalue weighted by atomic mass is 10.1. The van der Waals surface area contributed by atoms with Gasteiger partial charge >= 0.3 is 5.97 Å². The maximum absolute atomic E-state index is 12.7. The maximum Gasteiger partial charge on any atom is 0.303 e. The van der Waals surface area contributed by atoms with Crippen LogP contribution >= 0.6 is 0 Å². The van der Waals surface area contributed by atoms with Gasteiger partial charge in [0.05, 0.1) is 19.8 Å². The van der Waals surface area contributed by atoms with E-state index in [-0.39, 0.29) is 12.3 Å². The largest absolute Gasteiger partial charge is 0.493 e. The molecule has 1 amide bonds. The molecule has 0 saturated carbocycles. The SMILES string of the molecule is COc1cccc(C(=O)Nc2ccccc2CCCC(=O)O)c1OC. The molecule has 132 valence electrons. The zero-order valence-electron chi connectivity index (χ0n) is 14.2. The van der Waals surface area contributed by atoms with E-state index in [4.69, 9.17) is 14.6 Å². The molecule has 2 N–H and O–H groups in total. The molecular formula is C19H21NO5. The number of hydrogen-bond acceptors (Lipinski definition) is 4. The third-order valence-corrected chi connectivity index (χ3v) is 3.75. The summed E-state index contributed by atoms with van der Waals surface area (Å²) in [6.07, 6.45) is 1.16. The first-order chi connectivity index (χ1) is 12.1. The van der Waals surface area contributed by atoms with Crippen LogP contribution < -0.4 is 14.8 Å². The lowest BCUT2D eigenvalue weighted by Gasteiger charge is -2.14. The first kappa shape index (κ1) is 18.3. The molecule has 2 aromatic carbocycles. The van der Waals surface area contributed by atoms with E-state index in [2.05, 4.69) is 5.32 Å². The average Bonchev–Trinajstić information content (AvgIpc) is 2.61. The standard InChI is InChI=1S/C19H21NO5/c1-24-16-11-6-9-14(18(16)25-2)19(23)20-15-10-4-3-7-13(15)8-5-12-17(21)22/h3-4,6-7,9-11H,5,8,12H2,1-2H3,(H,20,23)(H,21,22). The molecule has 0 aliphatic heterocycles. The van der Waals surface area contributed by atoms with E-state index in [1.165, 1.54) is 14.2 Å². The molecule has 2 rings (SSSR count). The number of benzene rings is 2. The van der Waals surface area contributed by atoms with Crippen molar-refractivity contribution in [3.63, 3.8) is 0 Å². The van der Waals surface area contributed by atoms with Crippen LogP contribution in [0.1, 0.15) is 28.8 Å². The molecule has 2 aromatic rings. The number of carbonyl (C=O) groups is 2. The minimum absolute atomic E-state index is 0.0893. The summed E-state index contributed by atoms with van der Waals surface area (Å²) in [6.45, 7) is 0. The van der Waals surface area contributed by atoms with Crippen LogP contribution in [0.15, 0.2) is 42.5 Å². The number of para-hydroxylation sites is 2. The van der Waals surface area contributed by atoms with E-state index in [1.807, 2.05) is 18.2 Å². The van der Waals surface area contributed by atoms with Crippen molar-refractivity contribution in [3.8, 4) is 11.5 Å². The molecule has 0 bridgehead atoms. The molecule has 0 heterocycles. The van der Waals surface area contributed by atoms with E-state index < -0.39 is 5.97 Å². The number of carboxylic acids is 1. The number of carbonyl (C=O) groups excluding carboxylic acids is 1. The summed E-state index contributed by atoms with van der Waals surface area (Å²) in [5.74, 6) is -0.306. The highest BCUT2D eigenvalue weighted by Gasteiger charge is 2.17. The first-order valence-corrected chi connectivity index (χ1v) is 7.89. The van der Waals surface area contributed by atoms with E-state index in [1.54, 1.807) is 24.3 Å². The molecule has 25 heavy (non-hydrogen) atoms. The van der Waals surface area contributed by atoms with Crippen LogP contribution in [0.5, 0.6) is 11.5 Å². The van der Waals surface area contributed by atoms with Gasteiger partial charge in [-0.05, 0) is 36.6 Å². The van der Waals surface area contributed by atoms with Crippen molar-refractivity contribution >= 4 is 17.6 Å². The normalized spacial score (nSPS) is 10.2. The van der Waals surface area contributed by atoms with Crippen LogP contribution in [0, 0.1) is 0 Å². The average molecular weight is 343 g/mol. The Kier molecular flexibility index (Phi) is 6.39. The highest BCUT2D eigenvalue weighted by Crippen LogP contribution is 2.31. The molecule has 0 aliphatic rings. The van der Waals surface area contributed by atoms with E-state index in [0.717, 1.165) is 5.56 Å². The number of amides is 1. The van der Waals surface area contributed by atoms with Crippen molar-refractivity contribution < 1.29 is 24.2 Å². The molecule has 0 spiro atoms. The lowest BCUT2D eigenvalue weighted by molar-refractivity contribution is -0.137. The summed E-state index contributed by atoms with van der Waals surface area (Å²) < 4.78 is 10.5. The van der Waals surface area contributed by atoms with Gasteiger partial charge in [0.15, 0.2) is 11.5 Å². The van der Waals surface area contributed by atoms with Gasteiger partial charge in [-0.25, -0.2) is 0 Å². The molecule has 0 fully saturated rings. The zero-order chi connectivity index (χ0) is 18.2. The van der Waals surface area contributed by atoms with Gasteiger partial charge < -0.3 is 19.9 Å². The highest BCUT2D eigenvalue weighted by atomic mass is 16.5. The van der Waals surface area contributed by atoms with Gasteiger partial charge in [-0.2, -0.15) is 0 Å². The van der Waals surface area contributed by atoms with E-state index in [9.17, 15) is 9.59 Å². The Bertz CT molecular complexity index is 757. The number of hydrogen-bond donors (Lipinski definition) is 2. The second-order valence-corrected chi connectivity index (χ2v) is 5.40. The fourth-order valence-corrected chi connectivity index (χ4v) is 2.55. The molecular weight excluding hydrogens is 322 g/mol. The Hall–Kier alpha value is -3.02. The Morgan fingerprint density at radius 3 is 2.48 bits per heavy atom. The number of ether oxygens (including phenoxy) is 2. The van der Waals surface area contributed by atoms with Gasteiger partial charge in [-0.3, -0.25) is 9.59 Å². The molecule has 6 heteroatoms. The predicted molar refractivity (Wildman–Crippen MR) is 94.5 cm³/mol. The van der Waals surface area contributed by atoms with Gasteiger partial charge in [0.25, 0.3) is 5.91 Å². The monoisotopic (exact) mass is 343 g/mol. The van der Waals surface area contributed by atoms with Gasteiger partial charge in [0.1, 0.15) is 0 Å². The summed E-state index contributed by atoms with van der Waals surface area (Å²) in [7, 11) is 2.99. The second-order valence-electron chi connectivity index (χ2n) is 5.40. The predicted octanol–water partition coefficient (Wildman–Crippen LogP) is 3.36. The van der Waals surface area contributed by atoms with Gasteiger partial charge in [0.2, 0.25) is 0 Å². The molecule has 6 nitrogen and oxygen atoms in total. The number of carboxylic acid groups (broad SMARTS) is 1. The van der Waals surface area contributed by atoms with Crippen molar-refractivity contribution in [2.45, 2.75) is 19.3 Å². The molecule has 0 radical (unpaired) electrons. The number of rotatable bonds is 8. The van der Waals surface area contributed by atoms with Crippen LogP contribution in [0.2, 0.25) is 0 Å². The summed E-state index contributed by atoms with van der Waals surface area (Å²) in [6, 6.07) is 12.4. The molecule has 0 aromatic heterocycles. The number of anilines is 1. The quantitative estimate of drug-likeness (QED) is 0.768. The van der Waals surface area contributed by atoms with Crippen molar-refractivity contribution in [2.75, 3.05) is 19.5 Å². The minimum Gasteiger partial charge on any atom is -0.493 e. The number of nitrogens with one attached hydrogen (secondary N) is 1. The second kappa shape index (κ2) is 8.73. The number of methoxy groups -OCH3 is 2. The smallest absolute Gasteiger partial charge is 0.303 e. The van der Waals surface area contributed by atoms with Crippen molar-refractivity contribution in [3.05, 3.63) is 53.6 Å². The molecule has 0 unspecified atom stereocenters. The van der Waals surface area contributed by atoms with Crippen LogP contribution in [0.3, 0.4) is 0 Å². The van der Waals surface area contributed by atoms with Crippen LogP contribution in [0.4, 0.5) is 5.69 Å². The van der Waals surface area contributed by atoms with Crippen molar-refractivity contribution in [1.82, 2.24) is 0 Å². The Labute approximate surface area is 146 Å². The number of aryl methyl sites for hydroxylation is 1. The number of aliphatic carboxylic acids is 1. The summed E-state index contributed by atoms with van der Waals surface area (Å²) >= 11 is 0. The Morgan fingerprint density at radius 1 is 1.04 bits per heavy atom. The van der Waals surface area contributed by atoms with Crippen LogP contribution in [-0.4, -0.2) is 31.2 Å². The van der Waals surface area contributed by atoms with E-state index in [0.29, 0.717) is 35.6 Å². The van der Waals surface area contributed by atoms with Gasteiger partial charge in [0, 0.05) is 12.1 Å². The van der Waals surface area contributed by atoms with Gasteiger partial charge in [-0.15, -0.1) is 0 Å². The fourth-order valence-electron chi connectivity index (χ4n) is 2.55. The summed E-state index contributed by atoms with van der Waals surface area (Å²) in [4.78, 5) is 23.3. The fraction of sp³-hybridized carbons (Fsp3) is 0.263. The third kappa shape index (κ3) is 4.73. The highest BCUT2D eigenvalue weighted by molar-refractivity contribution is 6.07. The third-order valence-electron chi connectivity index (χ3n) is 3.75. The van der Waals surface area contributed by atoms with Crippen LogP contribution in [0.25, 0.3) is 0 Å². The molecule has 0 saturated heterocycles. The Morgan fingerprint density at radius 2 is 1.80 bits per heavy atom. The molecule has 0 aliphatic carbocycles. The zero-order valence-corrected chi connectivity index (χ0v) is 14.2. The van der Waals surface area contributed by atoms with Gasteiger partial charge in [-0.1, -0.05) is 24.3 Å².